The Kier molecular flexibility index (Phi) is 2.86. The number of nitrogens with two attached hydrogens (primary N) is 1. The van der Waals surface area contributed by atoms with Gasteiger partial charge in [0.05, 0.1) is 19.8 Å². The highest BCUT2D eigenvalue weighted by Gasteiger charge is 2.17. The van der Waals surface area contributed by atoms with E-state index in [1.54, 1.807) is 6.07 Å². The summed E-state index contributed by atoms with van der Waals surface area (Å²) in [5.74, 6) is 0.251. The summed E-state index contributed by atoms with van der Waals surface area (Å²) in [6.07, 6.45) is 0. The molecule has 2 rings (SSSR count). The highest BCUT2D eigenvalue weighted by molar-refractivity contribution is 5.70. The minimum absolute atomic E-state index is 0.109. The molecule has 0 fully saturated rings. The Hall–Kier alpha value is -2.24. The smallest absolute Gasteiger partial charge is 0.222 e. The second kappa shape index (κ2) is 4.32. The number of nitrogen functional groups attached to an aromatic ring is 1. The first kappa shape index (κ1) is 11.3. The molecule has 2 N–H and O–H groups in total. The van der Waals surface area contributed by atoms with Crippen molar-refractivity contribution in [2.45, 2.75) is 0 Å². The van der Waals surface area contributed by atoms with Crippen molar-refractivity contribution >= 4 is 5.88 Å². The maximum absolute atomic E-state index is 13.9. The quantitative estimate of drug-likeness (QED) is 0.886. The van der Waals surface area contributed by atoms with Crippen LogP contribution < -0.4 is 15.2 Å². The molecule has 0 atom stereocenters. The molecule has 5 nitrogen and oxygen atoms in total. The predicted molar refractivity (Wildman–Crippen MR) is 59.4 cm³/mol. The van der Waals surface area contributed by atoms with Crippen molar-refractivity contribution in [2.24, 2.45) is 0 Å². The molecule has 0 spiro atoms. The Labute approximate surface area is 96.9 Å². The van der Waals surface area contributed by atoms with E-state index in [2.05, 4.69) is 5.16 Å². The average molecular weight is 238 g/mol. The van der Waals surface area contributed by atoms with Crippen LogP contribution in [0.2, 0.25) is 0 Å². The topological polar surface area (TPSA) is 70.5 Å². The normalized spacial score (nSPS) is 10.3. The first-order valence-corrected chi connectivity index (χ1v) is 4.79. The lowest BCUT2D eigenvalue weighted by Crippen LogP contribution is -1.94. The van der Waals surface area contributed by atoms with Gasteiger partial charge >= 0.3 is 0 Å². The van der Waals surface area contributed by atoms with Gasteiger partial charge in [-0.15, -0.1) is 0 Å². The second-order valence-electron chi connectivity index (χ2n) is 3.30. The number of benzene rings is 1. The van der Waals surface area contributed by atoms with E-state index in [1.807, 2.05) is 0 Å². The van der Waals surface area contributed by atoms with Gasteiger partial charge < -0.3 is 19.7 Å². The zero-order valence-electron chi connectivity index (χ0n) is 9.36. The molecule has 0 aliphatic carbocycles. The molecule has 0 saturated carbocycles. The van der Waals surface area contributed by atoms with Crippen molar-refractivity contribution in [3.63, 3.8) is 0 Å². The number of hydrogen-bond acceptors (Lipinski definition) is 5. The molecular formula is C11H11FN2O3. The zero-order chi connectivity index (χ0) is 12.4. The molecule has 0 aliphatic heterocycles. The standard InChI is InChI=1S/C11H11FN2O3/c1-15-6-3-7(12)11(9(4-6)16-2)8-5-10(13)17-14-8/h3-5H,13H2,1-2H3. The lowest BCUT2D eigenvalue weighted by Gasteiger charge is -2.09. The summed E-state index contributed by atoms with van der Waals surface area (Å²) in [7, 11) is 2.88. The van der Waals surface area contributed by atoms with Gasteiger partial charge in [0.15, 0.2) is 0 Å². The van der Waals surface area contributed by atoms with Gasteiger partial charge in [0.25, 0.3) is 0 Å². The lowest BCUT2D eigenvalue weighted by molar-refractivity contribution is 0.389. The lowest BCUT2D eigenvalue weighted by atomic mass is 10.1. The molecule has 1 aromatic heterocycles. The molecule has 0 saturated heterocycles. The van der Waals surface area contributed by atoms with Crippen LogP contribution in [0.4, 0.5) is 10.3 Å². The van der Waals surface area contributed by atoms with Gasteiger partial charge in [0, 0.05) is 18.2 Å². The van der Waals surface area contributed by atoms with E-state index in [4.69, 9.17) is 19.7 Å². The van der Waals surface area contributed by atoms with Crippen molar-refractivity contribution in [1.29, 1.82) is 0 Å². The van der Waals surface area contributed by atoms with E-state index < -0.39 is 5.82 Å². The van der Waals surface area contributed by atoms with Gasteiger partial charge in [-0.2, -0.15) is 0 Å². The van der Waals surface area contributed by atoms with Gasteiger partial charge in [-0.1, -0.05) is 5.16 Å². The minimum atomic E-state index is -0.519. The van der Waals surface area contributed by atoms with E-state index in [-0.39, 0.29) is 17.1 Å². The van der Waals surface area contributed by atoms with Crippen molar-refractivity contribution in [2.75, 3.05) is 20.0 Å². The third-order valence-electron chi connectivity index (χ3n) is 2.27. The Morgan fingerprint density at radius 2 is 2.00 bits per heavy atom. The molecule has 0 bridgehead atoms. The van der Waals surface area contributed by atoms with E-state index in [1.165, 1.54) is 26.4 Å². The highest BCUT2D eigenvalue weighted by Crippen LogP contribution is 2.35. The van der Waals surface area contributed by atoms with Crippen LogP contribution in [0.3, 0.4) is 0 Å². The molecular weight excluding hydrogens is 227 g/mol. The highest BCUT2D eigenvalue weighted by atomic mass is 19.1. The Bertz CT molecular complexity index is 540. The third-order valence-corrected chi connectivity index (χ3v) is 2.27. The van der Waals surface area contributed by atoms with Gasteiger partial charge in [-0.25, -0.2) is 4.39 Å². The summed E-state index contributed by atoms with van der Waals surface area (Å²) in [6.45, 7) is 0. The van der Waals surface area contributed by atoms with Crippen LogP contribution in [0.25, 0.3) is 11.3 Å². The first-order chi connectivity index (χ1) is 8.15. The maximum Gasteiger partial charge on any atom is 0.222 e. The van der Waals surface area contributed by atoms with Crippen LogP contribution in [-0.2, 0) is 0 Å². The van der Waals surface area contributed by atoms with Crippen LogP contribution >= 0.6 is 0 Å². The van der Waals surface area contributed by atoms with Gasteiger partial charge in [0.2, 0.25) is 5.88 Å². The zero-order valence-corrected chi connectivity index (χ0v) is 9.36. The number of hydrogen-bond donors (Lipinski definition) is 1. The number of nitrogens with zero attached hydrogens (tertiary/aromatic N) is 1. The summed E-state index contributed by atoms with van der Waals surface area (Å²) in [5.41, 5.74) is 5.86. The number of ether oxygens (including phenoxy) is 2. The molecule has 0 radical (unpaired) electrons. The van der Waals surface area contributed by atoms with Crippen LogP contribution in [0.15, 0.2) is 22.7 Å². The van der Waals surface area contributed by atoms with Crippen LogP contribution in [-0.4, -0.2) is 19.4 Å². The number of halogens is 1. The summed E-state index contributed by atoms with van der Waals surface area (Å²) in [4.78, 5) is 0. The van der Waals surface area contributed by atoms with Gasteiger partial charge in [0.1, 0.15) is 23.0 Å². The maximum atomic E-state index is 13.9. The molecule has 1 heterocycles. The van der Waals surface area contributed by atoms with Gasteiger partial charge in [-0.05, 0) is 0 Å². The van der Waals surface area contributed by atoms with Gasteiger partial charge in [-0.3, -0.25) is 0 Å². The second-order valence-corrected chi connectivity index (χ2v) is 3.30. The number of methoxy groups -OCH3 is 2. The van der Waals surface area contributed by atoms with E-state index >= 15 is 0 Å². The molecule has 2 aromatic rings. The summed E-state index contributed by atoms with van der Waals surface area (Å²) in [6, 6.07) is 4.22. The Morgan fingerprint density at radius 1 is 1.24 bits per heavy atom. The summed E-state index contributed by atoms with van der Waals surface area (Å²) >= 11 is 0. The fraction of sp³-hybridized carbons (Fsp3) is 0.182. The molecule has 0 aliphatic rings. The van der Waals surface area contributed by atoms with E-state index in [9.17, 15) is 4.39 Å². The van der Waals surface area contributed by atoms with Crippen LogP contribution in [0.1, 0.15) is 0 Å². The van der Waals surface area contributed by atoms with Crippen LogP contribution in [0, 0.1) is 5.82 Å². The predicted octanol–water partition coefficient (Wildman–Crippen LogP) is 2.08. The fourth-order valence-electron chi connectivity index (χ4n) is 1.49. The largest absolute Gasteiger partial charge is 0.497 e. The van der Waals surface area contributed by atoms with Crippen molar-refractivity contribution in [3.05, 3.63) is 24.0 Å². The van der Waals surface area contributed by atoms with Crippen molar-refractivity contribution in [3.8, 4) is 22.8 Å². The minimum Gasteiger partial charge on any atom is -0.497 e. The molecule has 17 heavy (non-hydrogen) atoms. The fourth-order valence-corrected chi connectivity index (χ4v) is 1.49. The number of rotatable bonds is 3. The third kappa shape index (κ3) is 2.01. The SMILES string of the molecule is COc1cc(F)c(-c2cc(N)on2)c(OC)c1. The molecule has 90 valence electrons. The molecule has 0 amide bonds. The average Bonchev–Trinajstić information content (AvgIpc) is 2.74. The van der Waals surface area contributed by atoms with Crippen molar-refractivity contribution in [1.82, 2.24) is 5.16 Å². The number of anilines is 1. The summed E-state index contributed by atoms with van der Waals surface area (Å²) in [5, 5.41) is 3.65. The Balaban J connectivity index is 2.60. The van der Waals surface area contributed by atoms with Crippen molar-refractivity contribution < 1.29 is 18.4 Å². The summed E-state index contributed by atoms with van der Waals surface area (Å²) < 4.78 is 28.6. The van der Waals surface area contributed by atoms with E-state index in [0.29, 0.717) is 11.5 Å². The number of aromatic nitrogens is 1. The molecule has 6 heteroatoms. The van der Waals surface area contributed by atoms with Crippen LogP contribution in [0.5, 0.6) is 11.5 Å². The molecule has 0 unspecified atom stereocenters. The first-order valence-electron chi connectivity index (χ1n) is 4.79. The molecule has 1 aromatic carbocycles. The van der Waals surface area contributed by atoms with E-state index in [0.717, 1.165) is 0 Å². The Morgan fingerprint density at radius 3 is 2.53 bits per heavy atom. The monoisotopic (exact) mass is 238 g/mol.